The molecule has 1 heterocycles. The molecule has 0 atom stereocenters. The summed E-state index contributed by atoms with van der Waals surface area (Å²) in [6.07, 6.45) is 0.599. The Balaban J connectivity index is 2.37. The van der Waals surface area contributed by atoms with Gasteiger partial charge in [-0.3, -0.25) is 0 Å². The van der Waals surface area contributed by atoms with Gasteiger partial charge in [0, 0.05) is 0 Å². The lowest BCUT2D eigenvalue weighted by molar-refractivity contribution is 0.296. The van der Waals surface area contributed by atoms with Crippen molar-refractivity contribution in [1.82, 2.24) is 0 Å². The Hall–Kier alpha value is -1.06. The SMILES string of the molecule is CCOC1=NCN=C(OCC)C1. The van der Waals surface area contributed by atoms with Gasteiger partial charge < -0.3 is 9.47 Å². The Bertz CT molecular complexity index is 179. The molecule has 1 aliphatic heterocycles. The zero-order chi connectivity index (χ0) is 8.81. The molecule has 0 amide bonds. The smallest absolute Gasteiger partial charge is 0.194 e. The molecule has 0 aromatic rings. The second-order valence-electron chi connectivity index (χ2n) is 2.29. The van der Waals surface area contributed by atoms with E-state index >= 15 is 0 Å². The first-order valence-corrected chi connectivity index (χ1v) is 4.19. The van der Waals surface area contributed by atoms with Crippen molar-refractivity contribution in [2.24, 2.45) is 9.98 Å². The second kappa shape index (κ2) is 4.74. The molecule has 1 rings (SSSR count). The van der Waals surface area contributed by atoms with E-state index in [2.05, 4.69) is 9.98 Å². The Morgan fingerprint density at radius 1 is 1.08 bits per heavy atom. The molecule has 4 heteroatoms. The van der Waals surface area contributed by atoms with Crippen LogP contribution in [0.4, 0.5) is 0 Å². The predicted molar refractivity (Wildman–Crippen MR) is 47.6 cm³/mol. The highest BCUT2D eigenvalue weighted by Gasteiger charge is 2.10. The molecule has 0 bridgehead atoms. The summed E-state index contributed by atoms with van der Waals surface area (Å²) in [5, 5.41) is 0. The van der Waals surface area contributed by atoms with E-state index < -0.39 is 0 Å². The number of rotatable bonds is 2. The highest BCUT2D eigenvalue weighted by atomic mass is 16.5. The molecule has 0 unspecified atom stereocenters. The molecule has 0 saturated carbocycles. The van der Waals surface area contributed by atoms with Crippen molar-refractivity contribution in [3.63, 3.8) is 0 Å². The second-order valence-corrected chi connectivity index (χ2v) is 2.29. The van der Waals surface area contributed by atoms with E-state index in [1.165, 1.54) is 0 Å². The third kappa shape index (κ3) is 2.53. The lowest BCUT2D eigenvalue weighted by atomic mass is 10.4. The summed E-state index contributed by atoms with van der Waals surface area (Å²) in [5.41, 5.74) is 0. The fourth-order valence-electron chi connectivity index (χ4n) is 0.961. The lowest BCUT2D eigenvalue weighted by Gasteiger charge is -2.13. The van der Waals surface area contributed by atoms with E-state index in [0.29, 0.717) is 26.3 Å². The van der Waals surface area contributed by atoms with E-state index in [1.54, 1.807) is 0 Å². The Morgan fingerprint density at radius 3 is 2.00 bits per heavy atom. The van der Waals surface area contributed by atoms with Crippen LogP contribution >= 0.6 is 0 Å². The number of nitrogens with zero attached hydrogens (tertiary/aromatic N) is 2. The molecule has 4 nitrogen and oxygen atoms in total. The maximum absolute atomic E-state index is 5.25. The molecule has 0 fully saturated rings. The third-order valence-electron chi connectivity index (χ3n) is 1.42. The van der Waals surface area contributed by atoms with Gasteiger partial charge in [0.25, 0.3) is 0 Å². The van der Waals surface area contributed by atoms with Gasteiger partial charge in [-0.25, -0.2) is 9.98 Å². The summed E-state index contributed by atoms with van der Waals surface area (Å²) >= 11 is 0. The van der Waals surface area contributed by atoms with Gasteiger partial charge in [0.15, 0.2) is 11.8 Å². The van der Waals surface area contributed by atoms with Crippen molar-refractivity contribution in [2.75, 3.05) is 19.9 Å². The van der Waals surface area contributed by atoms with Crippen LogP contribution in [0.5, 0.6) is 0 Å². The first-order valence-electron chi connectivity index (χ1n) is 4.19. The zero-order valence-corrected chi connectivity index (χ0v) is 7.54. The van der Waals surface area contributed by atoms with Gasteiger partial charge in [-0.2, -0.15) is 0 Å². The molecule has 68 valence electrons. The molecule has 0 spiro atoms. The summed E-state index contributed by atoms with van der Waals surface area (Å²) in [5.74, 6) is 1.46. The van der Waals surface area contributed by atoms with Crippen LogP contribution in [0.25, 0.3) is 0 Å². The predicted octanol–water partition coefficient (Wildman–Crippen LogP) is 1.22. The van der Waals surface area contributed by atoms with Gasteiger partial charge in [-0.1, -0.05) is 0 Å². The fraction of sp³-hybridized carbons (Fsp3) is 0.750. The van der Waals surface area contributed by atoms with Crippen LogP contribution in [0.3, 0.4) is 0 Å². The van der Waals surface area contributed by atoms with Crippen molar-refractivity contribution in [1.29, 1.82) is 0 Å². The molecular weight excluding hydrogens is 156 g/mol. The maximum atomic E-state index is 5.25. The molecule has 12 heavy (non-hydrogen) atoms. The highest BCUT2D eigenvalue weighted by molar-refractivity contribution is 5.98. The Labute approximate surface area is 72.3 Å². The van der Waals surface area contributed by atoms with Crippen LogP contribution in [0.15, 0.2) is 9.98 Å². The van der Waals surface area contributed by atoms with Crippen LogP contribution in [0, 0.1) is 0 Å². The minimum atomic E-state index is 0.435. The molecule has 0 N–H and O–H groups in total. The summed E-state index contributed by atoms with van der Waals surface area (Å²) in [6, 6.07) is 0. The van der Waals surface area contributed by atoms with E-state index in [1.807, 2.05) is 13.8 Å². The van der Waals surface area contributed by atoms with Gasteiger partial charge in [0.1, 0.15) is 6.67 Å². The van der Waals surface area contributed by atoms with Crippen molar-refractivity contribution < 1.29 is 9.47 Å². The molecule has 0 radical (unpaired) electrons. The van der Waals surface area contributed by atoms with Crippen LogP contribution in [0.1, 0.15) is 20.3 Å². The maximum Gasteiger partial charge on any atom is 0.194 e. The number of aliphatic imine (C=N–C) groups is 2. The zero-order valence-electron chi connectivity index (χ0n) is 7.54. The van der Waals surface area contributed by atoms with Crippen molar-refractivity contribution in [3.8, 4) is 0 Å². The van der Waals surface area contributed by atoms with E-state index in [4.69, 9.17) is 9.47 Å². The molecule has 0 aromatic carbocycles. The van der Waals surface area contributed by atoms with Crippen LogP contribution in [0.2, 0.25) is 0 Å². The first kappa shape index (κ1) is 9.03. The Morgan fingerprint density at radius 2 is 1.58 bits per heavy atom. The molecule has 0 aromatic heterocycles. The van der Waals surface area contributed by atoms with E-state index in [-0.39, 0.29) is 0 Å². The molecular formula is C8H14N2O2. The van der Waals surface area contributed by atoms with Gasteiger partial charge in [0.2, 0.25) is 0 Å². The van der Waals surface area contributed by atoms with Gasteiger partial charge in [-0.05, 0) is 13.8 Å². The summed E-state index contributed by atoms with van der Waals surface area (Å²) < 4.78 is 10.5. The van der Waals surface area contributed by atoms with Crippen molar-refractivity contribution >= 4 is 11.8 Å². The van der Waals surface area contributed by atoms with Gasteiger partial charge in [0.05, 0.1) is 19.6 Å². The monoisotopic (exact) mass is 170 g/mol. The minimum absolute atomic E-state index is 0.435. The first-order chi connectivity index (χ1) is 5.86. The standard InChI is InChI=1S/C8H14N2O2/c1-3-11-7-5-8(12-4-2)10-6-9-7/h3-6H2,1-2H3. The average molecular weight is 170 g/mol. The minimum Gasteiger partial charge on any atom is -0.481 e. The average Bonchev–Trinajstić information content (AvgIpc) is 2.06. The molecule has 1 aliphatic rings. The topological polar surface area (TPSA) is 43.2 Å². The largest absolute Gasteiger partial charge is 0.481 e. The number of hydrogen-bond donors (Lipinski definition) is 0. The molecule has 0 aliphatic carbocycles. The van der Waals surface area contributed by atoms with Crippen molar-refractivity contribution in [2.45, 2.75) is 20.3 Å². The van der Waals surface area contributed by atoms with Gasteiger partial charge >= 0.3 is 0 Å². The van der Waals surface area contributed by atoms with Crippen LogP contribution < -0.4 is 0 Å². The summed E-state index contributed by atoms with van der Waals surface area (Å²) in [4.78, 5) is 8.16. The van der Waals surface area contributed by atoms with Crippen LogP contribution in [-0.2, 0) is 9.47 Å². The molecule has 0 saturated heterocycles. The lowest BCUT2D eigenvalue weighted by Crippen LogP contribution is -2.18. The fourth-order valence-corrected chi connectivity index (χ4v) is 0.961. The third-order valence-corrected chi connectivity index (χ3v) is 1.42. The van der Waals surface area contributed by atoms with Crippen LogP contribution in [-0.4, -0.2) is 31.7 Å². The summed E-state index contributed by atoms with van der Waals surface area (Å²) in [7, 11) is 0. The Kier molecular flexibility index (Phi) is 3.57. The van der Waals surface area contributed by atoms with Crippen molar-refractivity contribution in [3.05, 3.63) is 0 Å². The normalized spacial score (nSPS) is 16.5. The summed E-state index contributed by atoms with van der Waals surface area (Å²) in [6.45, 7) is 5.62. The number of ether oxygens (including phenoxy) is 2. The van der Waals surface area contributed by atoms with Gasteiger partial charge in [-0.15, -0.1) is 0 Å². The highest BCUT2D eigenvalue weighted by Crippen LogP contribution is 2.02. The van der Waals surface area contributed by atoms with E-state index in [0.717, 1.165) is 11.8 Å². The quantitative estimate of drug-likeness (QED) is 0.625. The van der Waals surface area contributed by atoms with E-state index in [9.17, 15) is 0 Å². The number of hydrogen-bond acceptors (Lipinski definition) is 4.